The van der Waals surface area contributed by atoms with E-state index in [1.165, 1.54) is 0 Å². The maximum absolute atomic E-state index is 11.7. The fraction of sp³-hybridized carbons (Fsp3) is 0.917. The van der Waals surface area contributed by atoms with Gasteiger partial charge in [0, 0.05) is 7.11 Å². The Hall–Kier alpha value is -0.370. The number of methoxy groups -OCH3 is 1. The molecule has 0 aromatic rings. The minimum Gasteiger partial charge on any atom is -0.384 e. The van der Waals surface area contributed by atoms with Crippen LogP contribution in [0.2, 0.25) is 0 Å². The molecule has 0 N–H and O–H groups in total. The summed E-state index contributed by atoms with van der Waals surface area (Å²) in [6.07, 6.45) is 3.18. The molecule has 0 rings (SSSR count). The van der Waals surface area contributed by atoms with E-state index in [9.17, 15) is 4.79 Å². The van der Waals surface area contributed by atoms with Gasteiger partial charge in [0.05, 0.1) is 12.0 Å². The third kappa shape index (κ3) is 3.09. The molecular weight excluding hydrogens is 176 g/mol. The third-order valence-electron chi connectivity index (χ3n) is 3.18. The SMILES string of the molecule is CCCCC(COC)(C(C)=O)C(C)C. The molecule has 2 nitrogen and oxygen atoms in total. The number of hydrogen-bond donors (Lipinski definition) is 0. The first-order valence-corrected chi connectivity index (χ1v) is 5.51. The topological polar surface area (TPSA) is 26.3 Å². The van der Waals surface area contributed by atoms with E-state index in [2.05, 4.69) is 20.8 Å². The molecule has 0 radical (unpaired) electrons. The number of ether oxygens (including phenoxy) is 1. The number of unbranched alkanes of at least 4 members (excludes halogenated alkanes) is 1. The minimum absolute atomic E-state index is 0.259. The van der Waals surface area contributed by atoms with Gasteiger partial charge in [-0.05, 0) is 19.3 Å². The van der Waals surface area contributed by atoms with Crippen LogP contribution in [0.3, 0.4) is 0 Å². The first-order valence-electron chi connectivity index (χ1n) is 5.51. The van der Waals surface area contributed by atoms with Gasteiger partial charge in [0.1, 0.15) is 5.78 Å². The molecule has 0 saturated heterocycles. The van der Waals surface area contributed by atoms with E-state index < -0.39 is 0 Å². The Morgan fingerprint density at radius 2 is 2.00 bits per heavy atom. The molecule has 2 heteroatoms. The monoisotopic (exact) mass is 200 g/mol. The largest absolute Gasteiger partial charge is 0.384 e. The van der Waals surface area contributed by atoms with Gasteiger partial charge in [-0.3, -0.25) is 4.79 Å². The number of carbonyl (C=O) groups is 1. The van der Waals surface area contributed by atoms with Crippen molar-refractivity contribution in [2.75, 3.05) is 13.7 Å². The average Bonchev–Trinajstić information content (AvgIpc) is 2.11. The number of rotatable bonds is 7. The molecule has 0 heterocycles. The molecule has 14 heavy (non-hydrogen) atoms. The molecule has 1 atom stereocenters. The minimum atomic E-state index is -0.259. The fourth-order valence-corrected chi connectivity index (χ4v) is 1.96. The number of carbonyl (C=O) groups excluding carboxylic acids is 1. The molecule has 0 aromatic heterocycles. The number of Topliss-reactive ketones (excluding diaryl/α,β-unsaturated/α-hetero) is 1. The standard InChI is InChI=1S/C12H24O2/c1-6-7-8-12(9-14-5,10(2)3)11(4)13/h10H,6-9H2,1-5H3. The summed E-state index contributed by atoms with van der Waals surface area (Å²) in [6, 6.07) is 0. The van der Waals surface area contributed by atoms with Gasteiger partial charge in [-0.15, -0.1) is 0 Å². The zero-order valence-corrected chi connectivity index (χ0v) is 10.2. The lowest BCUT2D eigenvalue weighted by Gasteiger charge is -2.34. The van der Waals surface area contributed by atoms with Gasteiger partial charge in [0.25, 0.3) is 0 Å². The molecule has 1 unspecified atom stereocenters. The van der Waals surface area contributed by atoms with Crippen LogP contribution in [0, 0.1) is 11.3 Å². The first-order chi connectivity index (χ1) is 6.51. The highest BCUT2D eigenvalue weighted by Gasteiger charge is 2.37. The predicted molar refractivity (Wildman–Crippen MR) is 59.4 cm³/mol. The van der Waals surface area contributed by atoms with Crippen LogP contribution in [0.4, 0.5) is 0 Å². The van der Waals surface area contributed by atoms with Crippen molar-refractivity contribution < 1.29 is 9.53 Å². The average molecular weight is 200 g/mol. The van der Waals surface area contributed by atoms with E-state index in [-0.39, 0.29) is 11.2 Å². The van der Waals surface area contributed by atoms with Crippen LogP contribution in [0.1, 0.15) is 47.0 Å². The van der Waals surface area contributed by atoms with Crippen molar-refractivity contribution >= 4 is 5.78 Å². The second-order valence-electron chi connectivity index (χ2n) is 4.40. The Morgan fingerprint density at radius 1 is 1.43 bits per heavy atom. The van der Waals surface area contributed by atoms with Gasteiger partial charge < -0.3 is 4.74 Å². The van der Waals surface area contributed by atoms with E-state index in [4.69, 9.17) is 4.74 Å². The Balaban J connectivity index is 4.65. The number of ketones is 1. The van der Waals surface area contributed by atoms with E-state index in [1.807, 2.05) is 0 Å². The summed E-state index contributed by atoms with van der Waals surface area (Å²) >= 11 is 0. The molecule has 0 bridgehead atoms. The van der Waals surface area contributed by atoms with Crippen LogP contribution in [-0.4, -0.2) is 19.5 Å². The van der Waals surface area contributed by atoms with Gasteiger partial charge >= 0.3 is 0 Å². The van der Waals surface area contributed by atoms with Crippen molar-refractivity contribution in [3.8, 4) is 0 Å². The van der Waals surface area contributed by atoms with Gasteiger partial charge in [-0.25, -0.2) is 0 Å². The van der Waals surface area contributed by atoms with Crippen LogP contribution in [0.15, 0.2) is 0 Å². The Bertz CT molecular complexity index is 175. The Labute approximate surface area is 88.0 Å². The first kappa shape index (κ1) is 13.6. The lowest BCUT2D eigenvalue weighted by molar-refractivity contribution is -0.133. The lowest BCUT2D eigenvalue weighted by atomic mass is 9.71. The molecule has 0 aliphatic rings. The summed E-state index contributed by atoms with van der Waals surface area (Å²) < 4.78 is 5.21. The summed E-state index contributed by atoms with van der Waals surface area (Å²) in [5, 5.41) is 0. The summed E-state index contributed by atoms with van der Waals surface area (Å²) in [6.45, 7) is 8.61. The molecular formula is C12H24O2. The van der Waals surface area contributed by atoms with Crippen molar-refractivity contribution in [3.05, 3.63) is 0 Å². The molecule has 84 valence electrons. The molecule has 0 amide bonds. The zero-order valence-electron chi connectivity index (χ0n) is 10.2. The highest BCUT2D eigenvalue weighted by atomic mass is 16.5. The second kappa shape index (κ2) is 6.18. The Morgan fingerprint density at radius 3 is 2.29 bits per heavy atom. The third-order valence-corrected chi connectivity index (χ3v) is 3.18. The van der Waals surface area contributed by atoms with Gasteiger partial charge in [-0.1, -0.05) is 33.6 Å². The van der Waals surface area contributed by atoms with Crippen LogP contribution in [0.25, 0.3) is 0 Å². The van der Waals surface area contributed by atoms with Crippen molar-refractivity contribution in [1.29, 1.82) is 0 Å². The molecule has 0 saturated carbocycles. The summed E-state index contributed by atoms with van der Waals surface area (Å²) in [7, 11) is 1.67. The van der Waals surface area contributed by atoms with Gasteiger partial charge in [0.2, 0.25) is 0 Å². The second-order valence-corrected chi connectivity index (χ2v) is 4.40. The van der Waals surface area contributed by atoms with Crippen molar-refractivity contribution in [1.82, 2.24) is 0 Å². The van der Waals surface area contributed by atoms with Crippen LogP contribution >= 0.6 is 0 Å². The fourth-order valence-electron chi connectivity index (χ4n) is 1.96. The van der Waals surface area contributed by atoms with Crippen LogP contribution in [0.5, 0.6) is 0 Å². The van der Waals surface area contributed by atoms with E-state index in [0.29, 0.717) is 12.5 Å². The van der Waals surface area contributed by atoms with Crippen molar-refractivity contribution in [3.63, 3.8) is 0 Å². The quantitative estimate of drug-likeness (QED) is 0.631. The molecule has 0 aliphatic heterocycles. The molecule has 0 fully saturated rings. The molecule has 0 aromatic carbocycles. The zero-order chi connectivity index (χ0) is 11.2. The highest BCUT2D eigenvalue weighted by molar-refractivity contribution is 5.82. The summed E-state index contributed by atoms with van der Waals surface area (Å²) in [5.74, 6) is 0.620. The van der Waals surface area contributed by atoms with Gasteiger partial charge in [0.15, 0.2) is 0 Å². The summed E-state index contributed by atoms with van der Waals surface area (Å²) in [5.41, 5.74) is -0.259. The van der Waals surface area contributed by atoms with Crippen molar-refractivity contribution in [2.24, 2.45) is 11.3 Å². The number of hydrogen-bond acceptors (Lipinski definition) is 2. The normalized spacial score (nSPS) is 15.6. The van der Waals surface area contributed by atoms with Crippen molar-refractivity contribution in [2.45, 2.75) is 47.0 Å². The van der Waals surface area contributed by atoms with E-state index in [0.717, 1.165) is 19.3 Å². The Kier molecular flexibility index (Phi) is 6.01. The predicted octanol–water partition coefficient (Wildman–Crippen LogP) is 3.05. The highest BCUT2D eigenvalue weighted by Crippen LogP contribution is 2.34. The van der Waals surface area contributed by atoms with Crippen LogP contribution in [-0.2, 0) is 9.53 Å². The van der Waals surface area contributed by atoms with E-state index >= 15 is 0 Å². The summed E-state index contributed by atoms with van der Waals surface area (Å²) in [4.78, 5) is 11.7. The molecule has 0 spiro atoms. The molecule has 0 aliphatic carbocycles. The maximum Gasteiger partial charge on any atom is 0.138 e. The van der Waals surface area contributed by atoms with E-state index in [1.54, 1.807) is 14.0 Å². The maximum atomic E-state index is 11.7. The van der Waals surface area contributed by atoms with Crippen LogP contribution < -0.4 is 0 Å². The smallest absolute Gasteiger partial charge is 0.138 e. The van der Waals surface area contributed by atoms with Gasteiger partial charge in [-0.2, -0.15) is 0 Å². The lowest BCUT2D eigenvalue weighted by Crippen LogP contribution is -2.39.